The minimum Gasteiger partial charge on any atom is -0.394 e. The van der Waals surface area contributed by atoms with Crippen molar-refractivity contribution in [3.8, 4) is 0 Å². The van der Waals surface area contributed by atoms with Crippen LogP contribution < -0.4 is 5.32 Å². The number of hydrogen-bond acceptors (Lipinski definition) is 4. The molecule has 4 N–H and O–H groups in total. The molecule has 3 atom stereocenters. The molecule has 5 heteroatoms. The minimum absolute atomic E-state index is 0.379. The van der Waals surface area contributed by atoms with Gasteiger partial charge in [-0.25, -0.2) is 0 Å². The van der Waals surface area contributed by atoms with Crippen molar-refractivity contribution < 1.29 is 20.1 Å². The highest BCUT2D eigenvalue weighted by Crippen LogP contribution is 2.18. The van der Waals surface area contributed by atoms with Gasteiger partial charge in [0, 0.05) is 0 Å². The van der Waals surface area contributed by atoms with Crippen LogP contribution in [0.1, 0.15) is 328 Å². The number of allylic oxidation sites excluding steroid dienone is 5. The van der Waals surface area contributed by atoms with Crippen molar-refractivity contribution >= 4 is 5.91 Å². The van der Waals surface area contributed by atoms with E-state index in [2.05, 4.69) is 43.5 Å². The average molecular weight is 943 g/mol. The molecule has 3 unspecified atom stereocenters. The van der Waals surface area contributed by atoms with Crippen LogP contribution in [0.15, 0.2) is 36.5 Å². The second-order valence-corrected chi connectivity index (χ2v) is 20.9. The van der Waals surface area contributed by atoms with Crippen molar-refractivity contribution in [2.24, 2.45) is 0 Å². The molecule has 0 heterocycles. The Morgan fingerprint density at radius 2 is 0.612 bits per heavy atom. The van der Waals surface area contributed by atoms with Crippen molar-refractivity contribution in [2.45, 2.75) is 347 Å². The number of unbranched alkanes of at least 4 members (excludes halogenated alkanes) is 44. The molecule has 0 aromatic rings. The lowest BCUT2D eigenvalue weighted by molar-refractivity contribution is -0.131. The summed E-state index contributed by atoms with van der Waals surface area (Å²) >= 11 is 0. The summed E-state index contributed by atoms with van der Waals surface area (Å²) in [5.74, 6) is -0.512. The predicted molar refractivity (Wildman–Crippen MR) is 296 cm³/mol. The number of amides is 1. The molecule has 0 saturated heterocycles. The van der Waals surface area contributed by atoms with Gasteiger partial charge in [0.05, 0.1) is 18.8 Å². The van der Waals surface area contributed by atoms with E-state index in [-0.39, 0.29) is 6.61 Å². The SMILES string of the molecule is CCCCCCCCC/C=C/CC/C=C/CC/C=C/C(O)C(CO)NC(=O)C(O)CCCCCCCCCCCCCCCCCCCCCCCCCCCCCCCCCCCCCC. The van der Waals surface area contributed by atoms with Gasteiger partial charge in [-0.3, -0.25) is 4.79 Å². The molecular weight excluding hydrogens is 823 g/mol. The minimum atomic E-state index is -1.11. The van der Waals surface area contributed by atoms with Crippen LogP contribution in [-0.2, 0) is 4.79 Å². The Morgan fingerprint density at radius 3 is 0.910 bits per heavy atom. The highest BCUT2D eigenvalue weighted by molar-refractivity contribution is 5.80. The summed E-state index contributed by atoms with van der Waals surface area (Å²) in [6.07, 6.45) is 75.5. The molecule has 0 aliphatic rings. The van der Waals surface area contributed by atoms with E-state index in [1.807, 2.05) is 6.08 Å². The highest BCUT2D eigenvalue weighted by atomic mass is 16.3. The summed E-state index contributed by atoms with van der Waals surface area (Å²) in [4.78, 5) is 12.5. The zero-order chi connectivity index (χ0) is 48.6. The molecule has 0 aromatic carbocycles. The Balaban J connectivity index is 3.49. The van der Waals surface area contributed by atoms with Crippen LogP contribution >= 0.6 is 0 Å². The van der Waals surface area contributed by atoms with Gasteiger partial charge in [-0.15, -0.1) is 0 Å². The van der Waals surface area contributed by atoms with Gasteiger partial charge in [0.15, 0.2) is 0 Å². The molecule has 0 rings (SSSR count). The van der Waals surface area contributed by atoms with E-state index in [9.17, 15) is 20.1 Å². The standard InChI is InChI=1S/C62H119NO4/c1-3-5-7-9-11-13-15-17-19-21-22-23-24-25-26-27-28-29-30-31-32-33-34-35-36-37-38-39-41-43-45-47-49-51-53-55-57-61(66)62(67)63-59(58-64)60(65)56-54-52-50-48-46-44-42-40-20-18-16-14-12-10-8-6-4-2/h20,40,46,48,54,56,59-61,64-66H,3-19,21-39,41-45,47,49-53,55,57-58H2,1-2H3,(H,63,67)/b40-20+,48-46+,56-54+. The van der Waals surface area contributed by atoms with Crippen molar-refractivity contribution in [1.82, 2.24) is 5.32 Å². The molecule has 0 aliphatic heterocycles. The van der Waals surface area contributed by atoms with Crippen molar-refractivity contribution in [1.29, 1.82) is 0 Å². The van der Waals surface area contributed by atoms with E-state index >= 15 is 0 Å². The summed E-state index contributed by atoms with van der Waals surface area (Å²) in [6.45, 7) is 4.19. The predicted octanol–water partition coefficient (Wildman–Crippen LogP) is 19.0. The lowest BCUT2D eigenvalue weighted by Gasteiger charge is -2.21. The van der Waals surface area contributed by atoms with Gasteiger partial charge < -0.3 is 20.6 Å². The fourth-order valence-corrected chi connectivity index (χ4v) is 9.52. The molecule has 0 spiro atoms. The van der Waals surface area contributed by atoms with E-state index in [0.29, 0.717) is 6.42 Å². The monoisotopic (exact) mass is 942 g/mol. The maximum absolute atomic E-state index is 12.5. The maximum Gasteiger partial charge on any atom is 0.249 e. The van der Waals surface area contributed by atoms with Crippen LogP contribution in [0, 0.1) is 0 Å². The first-order valence-electron chi connectivity index (χ1n) is 30.3. The molecule has 1 amide bonds. The number of nitrogens with one attached hydrogen (secondary N) is 1. The Bertz CT molecular complexity index is 1040. The van der Waals surface area contributed by atoms with E-state index in [1.165, 1.54) is 263 Å². The third-order valence-corrected chi connectivity index (χ3v) is 14.2. The van der Waals surface area contributed by atoms with Crippen LogP contribution in [0.25, 0.3) is 0 Å². The number of rotatable bonds is 56. The zero-order valence-electron chi connectivity index (χ0n) is 45.3. The summed E-state index contributed by atoms with van der Waals surface area (Å²) in [5, 5.41) is 33.3. The lowest BCUT2D eigenvalue weighted by Crippen LogP contribution is -2.48. The van der Waals surface area contributed by atoms with Crippen LogP contribution in [0.4, 0.5) is 0 Å². The Kier molecular flexibility index (Phi) is 55.9. The molecule has 0 bridgehead atoms. The van der Waals surface area contributed by atoms with Gasteiger partial charge in [0.1, 0.15) is 6.10 Å². The van der Waals surface area contributed by atoms with E-state index in [0.717, 1.165) is 44.9 Å². The fraction of sp³-hybridized carbons (Fsp3) is 0.887. The first-order valence-corrected chi connectivity index (χ1v) is 30.3. The molecule has 5 nitrogen and oxygen atoms in total. The van der Waals surface area contributed by atoms with Crippen molar-refractivity contribution in [2.75, 3.05) is 6.61 Å². The van der Waals surface area contributed by atoms with Gasteiger partial charge in [-0.05, 0) is 44.9 Å². The second-order valence-electron chi connectivity index (χ2n) is 20.9. The Labute approximate surface area is 419 Å². The Morgan fingerprint density at radius 1 is 0.358 bits per heavy atom. The highest BCUT2D eigenvalue weighted by Gasteiger charge is 2.22. The summed E-state index contributed by atoms with van der Waals surface area (Å²) < 4.78 is 0. The fourth-order valence-electron chi connectivity index (χ4n) is 9.52. The van der Waals surface area contributed by atoms with Gasteiger partial charge in [0.25, 0.3) is 0 Å². The lowest BCUT2D eigenvalue weighted by atomic mass is 10.0. The summed E-state index contributed by atoms with van der Waals surface area (Å²) in [7, 11) is 0. The summed E-state index contributed by atoms with van der Waals surface area (Å²) in [5.41, 5.74) is 0. The van der Waals surface area contributed by atoms with Gasteiger partial charge in [0.2, 0.25) is 5.91 Å². The van der Waals surface area contributed by atoms with E-state index < -0.39 is 24.2 Å². The quantitative estimate of drug-likeness (QED) is 0.0361. The largest absolute Gasteiger partial charge is 0.394 e. The van der Waals surface area contributed by atoms with E-state index in [1.54, 1.807) is 6.08 Å². The molecule has 396 valence electrons. The van der Waals surface area contributed by atoms with E-state index in [4.69, 9.17) is 0 Å². The molecule has 0 aliphatic carbocycles. The van der Waals surface area contributed by atoms with Crippen molar-refractivity contribution in [3.05, 3.63) is 36.5 Å². The van der Waals surface area contributed by atoms with Gasteiger partial charge >= 0.3 is 0 Å². The summed E-state index contributed by atoms with van der Waals surface area (Å²) in [6, 6.07) is -0.820. The maximum atomic E-state index is 12.5. The van der Waals surface area contributed by atoms with Crippen LogP contribution in [-0.4, -0.2) is 46.1 Å². The van der Waals surface area contributed by atoms with Gasteiger partial charge in [-0.1, -0.05) is 320 Å². The van der Waals surface area contributed by atoms with Crippen molar-refractivity contribution in [3.63, 3.8) is 0 Å². The first kappa shape index (κ1) is 65.6. The van der Waals surface area contributed by atoms with Crippen LogP contribution in [0.2, 0.25) is 0 Å². The third kappa shape index (κ3) is 52.2. The van der Waals surface area contributed by atoms with Crippen LogP contribution in [0.5, 0.6) is 0 Å². The zero-order valence-corrected chi connectivity index (χ0v) is 45.3. The molecule has 0 saturated carbocycles. The number of carbonyl (C=O) groups excluding carboxylic acids is 1. The van der Waals surface area contributed by atoms with Gasteiger partial charge in [-0.2, -0.15) is 0 Å². The molecule has 0 fully saturated rings. The third-order valence-electron chi connectivity index (χ3n) is 14.2. The normalized spacial score (nSPS) is 13.4. The molecule has 0 radical (unpaired) electrons. The number of carbonyl (C=O) groups is 1. The first-order chi connectivity index (χ1) is 33.1. The number of hydrogen-bond donors (Lipinski definition) is 4. The molecular formula is C62H119NO4. The topological polar surface area (TPSA) is 89.8 Å². The smallest absolute Gasteiger partial charge is 0.249 e. The molecule has 67 heavy (non-hydrogen) atoms. The second kappa shape index (κ2) is 57.2. The number of aliphatic hydroxyl groups is 3. The van der Waals surface area contributed by atoms with Crippen LogP contribution in [0.3, 0.4) is 0 Å². The molecule has 0 aromatic heterocycles. The number of aliphatic hydroxyl groups excluding tert-OH is 3. The Hall–Kier alpha value is -1.43. The average Bonchev–Trinajstić information content (AvgIpc) is 3.33.